The fourth-order valence-electron chi connectivity index (χ4n) is 3.22. The highest BCUT2D eigenvalue weighted by Crippen LogP contribution is 2.31. The van der Waals surface area contributed by atoms with Gasteiger partial charge in [0.1, 0.15) is 17.2 Å². The molecule has 172 valence electrons. The van der Waals surface area contributed by atoms with Gasteiger partial charge < -0.3 is 15.4 Å². The topological polar surface area (TPSA) is 105 Å². The maximum absolute atomic E-state index is 13.6. The van der Waals surface area contributed by atoms with E-state index in [0.717, 1.165) is 9.87 Å². The summed E-state index contributed by atoms with van der Waals surface area (Å²) in [6.07, 6.45) is 0. The van der Waals surface area contributed by atoms with E-state index in [1.165, 1.54) is 20.1 Å². The number of carbonyl (C=O) groups excluding carboxylic acids is 2. The van der Waals surface area contributed by atoms with Crippen molar-refractivity contribution in [2.75, 3.05) is 28.6 Å². The monoisotopic (exact) mass is 467 g/mol. The number of nitrogens with zero attached hydrogens (tertiary/aromatic N) is 1. The zero-order valence-electron chi connectivity index (χ0n) is 18.5. The van der Waals surface area contributed by atoms with E-state index >= 15 is 0 Å². The minimum Gasteiger partial charge on any atom is -0.495 e. The summed E-state index contributed by atoms with van der Waals surface area (Å²) in [5.74, 6) is -0.606. The normalized spacial score (nSPS) is 10.9. The highest BCUT2D eigenvalue weighted by molar-refractivity contribution is 7.93. The molecule has 3 rings (SSSR count). The van der Waals surface area contributed by atoms with Crippen LogP contribution in [0.4, 0.5) is 17.1 Å². The number of aryl methyl sites for hydroxylation is 1. The summed E-state index contributed by atoms with van der Waals surface area (Å²) in [7, 11) is -2.75. The average molecular weight is 468 g/mol. The Balaban J connectivity index is 1.94. The lowest BCUT2D eigenvalue weighted by atomic mass is 10.2. The molecule has 33 heavy (non-hydrogen) atoms. The Bertz CT molecular complexity index is 1260. The zero-order chi connectivity index (χ0) is 24.0. The van der Waals surface area contributed by atoms with Crippen molar-refractivity contribution >= 4 is 38.9 Å². The third-order valence-corrected chi connectivity index (χ3v) is 6.48. The van der Waals surface area contributed by atoms with E-state index < -0.39 is 22.5 Å². The van der Waals surface area contributed by atoms with Crippen LogP contribution in [0.1, 0.15) is 12.5 Å². The van der Waals surface area contributed by atoms with E-state index in [4.69, 9.17) is 4.74 Å². The van der Waals surface area contributed by atoms with Gasteiger partial charge in [0.15, 0.2) is 0 Å². The molecule has 8 nitrogen and oxygen atoms in total. The molecule has 3 aromatic carbocycles. The molecule has 0 saturated carbocycles. The predicted octanol–water partition coefficient (Wildman–Crippen LogP) is 3.80. The number of hydrogen-bond donors (Lipinski definition) is 2. The molecule has 2 amide bonds. The summed E-state index contributed by atoms with van der Waals surface area (Å²) in [6, 6.07) is 19.8. The van der Waals surface area contributed by atoms with Crippen LogP contribution in [-0.4, -0.2) is 33.9 Å². The van der Waals surface area contributed by atoms with Crippen molar-refractivity contribution in [1.82, 2.24) is 0 Å². The first-order valence-electron chi connectivity index (χ1n) is 10.1. The lowest BCUT2D eigenvalue weighted by Gasteiger charge is -2.25. The van der Waals surface area contributed by atoms with Gasteiger partial charge in [-0.1, -0.05) is 30.3 Å². The molecule has 0 fully saturated rings. The fourth-order valence-corrected chi connectivity index (χ4v) is 4.89. The summed E-state index contributed by atoms with van der Waals surface area (Å²) in [6.45, 7) is 2.70. The molecule has 0 atom stereocenters. The van der Waals surface area contributed by atoms with E-state index in [9.17, 15) is 18.0 Å². The molecule has 0 aliphatic carbocycles. The van der Waals surface area contributed by atoms with Gasteiger partial charge in [-0.3, -0.25) is 13.9 Å². The number of rotatable bonds is 8. The molecule has 0 radical (unpaired) electrons. The van der Waals surface area contributed by atoms with Crippen LogP contribution in [0, 0.1) is 6.92 Å². The maximum atomic E-state index is 13.6. The molecule has 3 aromatic rings. The second kappa shape index (κ2) is 10.2. The number of carbonyl (C=O) groups is 2. The van der Waals surface area contributed by atoms with E-state index in [1.807, 2.05) is 0 Å². The molecule has 0 unspecified atom stereocenters. The number of para-hydroxylation sites is 1. The van der Waals surface area contributed by atoms with Crippen LogP contribution < -0.4 is 19.7 Å². The van der Waals surface area contributed by atoms with Gasteiger partial charge in [-0.15, -0.1) is 0 Å². The van der Waals surface area contributed by atoms with E-state index in [0.29, 0.717) is 17.1 Å². The van der Waals surface area contributed by atoms with E-state index in [1.54, 1.807) is 73.7 Å². The van der Waals surface area contributed by atoms with Gasteiger partial charge in [0.05, 0.1) is 12.8 Å². The number of benzene rings is 3. The Morgan fingerprint density at radius 3 is 2.21 bits per heavy atom. The lowest BCUT2D eigenvalue weighted by molar-refractivity contribution is -0.115. The van der Waals surface area contributed by atoms with Crippen LogP contribution in [0.25, 0.3) is 0 Å². The predicted molar refractivity (Wildman–Crippen MR) is 128 cm³/mol. The second-order valence-corrected chi connectivity index (χ2v) is 9.14. The Labute approximate surface area is 193 Å². The van der Waals surface area contributed by atoms with Crippen LogP contribution in [0.15, 0.2) is 77.7 Å². The zero-order valence-corrected chi connectivity index (χ0v) is 19.3. The molecule has 0 spiro atoms. The van der Waals surface area contributed by atoms with Crippen LogP contribution in [0.2, 0.25) is 0 Å². The van der Waals surface area contributed by atoms with Crippen molar-refractivity contribution < 1.29 is 22.7 Å². The summed E-state index contributed by atoms with van der Waals surface area (Å²) in [5.41, 5.74) is 2.01. The van der Waals surface area contributed by atoms with Gasteiger partial charge in [0.2, 0.25) is 11.8 Å². The molecule has 0 saturated heterocycles. The number of ether oxygens (including phenoxy) is 1. The van der Waals surface area contributed by atoms with Gasteiger partial charge in [0, 0.05) is 18.3 Å². The molecular weight excluding hydrogens is 442 g/mol. The fraction of sp³-hybridized carbons (Fsp3) is 0.167. The number of sulfonamides is 1. The minimum absolute atomic E-state index is 0.0330. The van der Waals surface area contributed by atoms with Crippen LogP contribution in [0.5, 0.6) is 5.75 Å². The Morgan fingerprint density at radius 1 is 0.909 bits per heavy atom. The number of hydrogen-bond acceptors (Lipinski definition) is 5. The van der Waals surface area contributed by atoms with Crippen LogP contribution in [0.3, 0.4) is 0 Å². The van der Waals surface area contributed by atoms with Gasteiger partial charge in [-0.2, -0.15) is 0 Å². The summed E-state index contributed by atoms with van der Waals surface area (Å²) in [5, 5.41) is 5.33. The SMILES string of the molecule is COc1ccc(C)cc1S(=O)(=O)N(CC(=O)Nc1cccc(NC(C)=O)c1)c1ccccc1. The largest absolute Gasteiger partial charge is 0.495 e. The molecule has 9 heteroatoms. The van der Waals surface area contributed by atoms with Crippen LogP contribution >= 0.6 is 0 Å². The first kappa shape index (κ1) is 23.8. The number of methoxy groups -OCH3 is 1. The second-order valence-electron chi connectivity index (χ2n) is 7.31. The Morgan fingerprint density at radius 2 is 1.58 bits per heavy atom. The number of amides is 2. The van der Waals surface area contributed by atoms with Gasteiger partial charge in [0.25, 0.3) is 10.0 Å². The summed E-state index contributed by atoms with van der Waals surface area (Å²) in [4.78, 5) is 24.1. The maximum Gasteiger partial charge on any atom is 0.268 e. The molecule has 0 aliphatic heterocycles. The highest BCUT2D eigenvalue weighted by atomic mass is 32.2. The molecule has 2 N–H and O–H groups in total. The standard InChI is InChI=1S/C24H25N3O5S/c1-17-12-13-22(32-3)23(14-17)33(30,31)27(21-10-5-4-6-11-21)16-24(29)26-20-9-7-8-19(15-20)25-18(2)28/h4-15H,16H2,1-3H3,(H,25,28)(H,26,29). The summed E-state index contributed by atoms with van der Waals surface area (Å²) < 4.78 is 33.6. The molecule has 0 bridgehead atoms. The van der Waals surface area contributed by atoms with Gasteiger partial charge >= 0.3 is 0 Å². The molecular formula is C24H25N3O5S. The molecule has 0 heterocycles. The van der Waals surface area contributed by atoms with Gasteiger partial charge in [-0.25, -0.2) is 8.42 Å². The van der Waals surface area contributed by atoms with E-state index in [2.05, 4.69) is 10.6 Å². The highest BCUT2D eigenvalue weighted by Gasteiger charge is 2.30. The number of anilines is 3. The number of nitrogens with one attached hydrogen (secondary N) is 2. The van der Waals surface area contributed by atoms with Gasteiger partial charge in [-0.05, 0) is 55.0 Å². The third-order valence-electron chi connectivity index (χ3n) is 4.69. The first-order chi connectivity index (χ1) is 15.7. The van der Waals surface area contributed by atoms with Crippen molar-refractivity contribution in [2.45, 2.75) is 18.7 Å². The van der Waals surface area contributed by atoms with Crippen molar-refractivity contribution in [3.8, 4) is 5.75 Å². The smallest absolute Gasteiger partial charge is 0.268 e. The van der Waals surface area contributed by atoms with Crippen LogP contribution in [-0.2, 0) is 19.6 Å². The van der Waals surface area contributed by atoms with Crippen molar-refractivity contribution in [3.63, 3.8) is 0 Å². The van der Waals surface area contributed by atoms with E-state index in [-0.39, 0.29) is 16.6 Å². The minimum atomic E-state index is -4.14. The molecule has 0 aliphatic rings. The van der Waals surface area contributed by atoms with Crippen molar-refractivity contribution in [2.24, 2.45) is 0 Å². The first-order valence-corrected chi connectivity index (χ1v) is 11.5. The lowest BCUT2D eigenvalue weighted by Crippen LogP contribution is -2.38. The Kier molecular flexibility index (Phi) is 7.34. The van der Waals surface area contributed by atoms with Crippen molar-refractivity contribution in [3.05, 3.63) is 78.4 Å². The van der Waals surface area contributed by atoms with Crippen molar-refractivity contribution in [1.29, 1.82) is 0 Å². The summed E-state index contributed by atoms with van der Waals surface area (Å²) >= 11 is 0. The third kappa shape index (κ3) is 5.89. The average Bonchev–Trinajstić information content (AvgIpc) is 2.77. The quantitative estimate of drug-likeness (QED) is 0.524. The Hall–Kier alpha value is -3.85. The molecule has 0 aromatic heterocycles.